The summed E-state index contributed by atoms with van der Waals surface area (Å²) in [6.07, 6.45) is 2.64. The molecule has 0 fully saturated rings. The minimum absolute atomic E-state index is 0.214. The van der Waals surface area contributed by atoms with Gasteiger partial charge in [0.1, 0.15) is 11.2 Å². The molecular formula is C23H46N2O4. The first-order valence-corrected chi connectivity index (χ1v) is 10.9. The number of carbonyl (C=O) groups excluding carboxylic acids is 2. The molecule has 4 N–H and O–H groups in total. The van der Waals surface area contributed by atoms with E-state index < -0.39 is 23.0 Å². The zero-order valence-corrected chi connectivity index (χ0v) is 20.3. The SMILES string of the molecule is CCC(CN)(CC(C)CN)CC(CC(C)C(=O)OC(C)(C)C)C(=O)OC(C)(C)C. The third-order valence-electron chi connectivity index (χ3n) is 5.23. The number of ether oxygens (including phenoxy) is 2. The van der Waals surface area contributed by atoms with Crippen LogP contribution in [-0.4, -0.2) is 36.2 Å². The summed E-state index contributed by atoms with van der Waals surface area (Å²) < 4.78 is 11.2. The van der Waals surface area contributed by atoms with E-state index >= 15 is 0 Å². The Morgan fingerprint density at radius 1 is 0.862 bits per heavy atom. The van der Waals surface area contributed by atoms with Gasteiger partial charge in [-0.1, -0.05) is 20.8 Å². The number of carbonyl (C=O) groups is 2. The minimum atomic E-state index is -0.591. The van der Waals surface area contributed by atoms with Crippen molar-refractivity contribution in [2.75, 3.05) is 13.1 Å². The smallest absolute Gasteiger partial charge is 0.309 e. The van der Waals surface area contributed by atoms with Gasteiger partial charge < -0.3 is 20.9 Å². The molecule has 0 saturated carbocycles. The summed E-state index contributed by atoms with van der Waals surface area (Å²) in [5.41, 5.74) is 10.7. The van der Waals surface area contributed by atoms with Crippen molar-refractivity contribution in [3.63, 3.8) is 0 Å². The maximum Gasteiger partial charge on any atom is 0.309 e. The Morgan fingerprint density at radius 2 is 1.34 bits per heavy atom. The lowest BCUT2D eigenvalue weighted by atomic mass is 9.70. The molecule has 6 nitrogen and oxygen atoms in total. The topological polar surface area (TPSA) is 105 Å². The van der Waals surface area contributed by atoms with E-state index in [2.05, 4.69) is 13.8 Å². The molecule has 0 heterocycles. The zero-order chi connectivity index (χ0) is 23.0. The molecule has 4 unspecified atom stereocenters. The summed E-state index contributed by atoms with van der Waals surface area (Å²) in [4.78, 5) is 25.5. The van der Waals surface area contributed by atoms with Crippen molar-refractivity contribution in [2.45, 2.75) is 99.2 Å². The van der Waals surface area contributed by atoms with Gasteiger partial charge in [-0.2, -0.15) is 0 Å². The molecular weight excluding hydrogens is 368 g/mol. The van der Waals surface area contributed by atoms with E-state index in [1.54, 1.807) is 0 Å². The van der Waals surface area contributed by atoms with Gasteiger partial charge in [0.25, 0.3) is 0 Å². The monoisotopic (exact) mass is 414 g/mol. The quantitative estimate of drug-likeness (QED) is 0.494. The second-order valence-corrected chi connectivity index (χ2v) is 10.7. The molecule has 0 radical (unpaired) electrons. The summed E-state index contributed by atoms with van der Waals surface area (Å²) in [7, 11) is 0. The number of esters is 2. The van der Waals surface area contributed by atoms with Crippen LogP contribution in [0.15, 0.2) is 0 Å². The third kappa shape index (κ3) is 11.0. The minimum Gasteiger partial charge on any atom is -0.460 e. The van der Waals surface area contributed by atoms with Crippen LogP contribution in [-0.2, 0) is 19.1 Å². The Labute approximate surface area is 178 Å². The number of rotatable bonds is 11. The predicted octanol–water partition coefficient (Wildman–Crippen LogP) is 4.04. The summed E-state index contributed by atoms with van der Waals surface area (Å²) in [5.74, 6) is -1.10. The highest BCUT2D eigenvalue weighted by Gasteiger charge is 2.38. The summed E-state index contributed by atoms with van der Waals surface area (Å²) in [6, 6.07) is 0. The van der Waals surface area contributed by atoms with Crippen LogP contribution in [0.25, 0.3) is 0 Å². The van der Waals surface area contributed by atoms with Gasteiger partial charge in [-0.15, -0.1) is 0 Å². The Morgan fingerprint density at radius 3 is 1.72 bits per heavy atom. The molecule has 6 heteroatoms. The molecule has 0 aromatic heterocycles. The Hall–Kier alpha value is -1.14. The first-order valence-electron chi connectivity index (χ1n) is 10.9. The lowest BCUT2D eigenvalue weighted by Crippen LogP contribution is -2.39. The molecule has 0 rings (SSSR count). The molecule has 0 aliphatic carbocycles. The van der Waals surface area contributed by atoms with Gasteiger partial charge in [0.15, 0.2) is 0 Å². The van der Waals surface area contributed by atoms with Gasteiger partial charge in [-0.25, -0.2) is 0 Å². The van der Waals surface area contributed by atoms with Crippen molar-refractivity contribution in [3.8, 4) is 0 Å². The molecule has 4 atom stereocenters. The van der Waals surface area contributed by atoms with E-state index in [4.69, 9.17) is 20.9 Å². The van der Waals surface area contributed by atoms with E-state index in [0.29, 0.717) is 31.8 Å². The van der Waals surface area contributed by atoms with E-state index in [1.807, 2.05) is 48.5 Å². The second kappa shape index (κ2) is 11.3. The standard InChI is InChI=1S/C23H46N2O4/c1-10-23(15-25,12-16(2)14-24)13-18(20(27)29-22(7,8)9)11-17(3)19(26)28-21(4,5)6/h16-18H,10-15,24-25H2,1-9H3. The van der Waals surface area contributed by atoms with Crippen LogP contribution in [0, 0.1) is 23.2 Å². The highest BCUT2D eigenvalue weighted by Crippen LogP contribution is 2.39. The average Bonchev–Trinajstić information content (AvgIpc) is 2.56. The van der Waals surface area contributed by atoms with Gasteiger partial charge in [0.05, 0.1) is 11.8 Å². The van der Waals surface area contributed by atoms with Gasteiger partial charge >= 0.3 is 11.9 Å². The van der Waals surface area contributed by atoms with E-state index in [9.17, 15) is 9.59 Å². The van der Waals surface area contributed by atoms with Crippen molar-refractivity contribution >= 4 is 11.9 Å². The Kier molecular flexibility index (Phi) is 10.9. The van der Waals surface area contributed by atoms with Crippen LogP contribution in [0.5, 0.6) is 0 Å². The lowest BCUT2D eigenvalue weighted by Gasteiger charge is -2.37. The van der Waals surface area contributed by atoms with Crippen LogP contribution in [0.1, 0.15) is 88.0 Å². The number of hydrogen-bond donors (Lipinski definition) is 2. The summed E-state index contributed by atoms with van der Waals surface area (Å²) >= 11 is 0. The molecule has 0 aromatic rings. The summed E-state index contributed by atoms with van der Waals surface area (Å²) in [5, 5.41) is 0. The predicted molar refractivity (Wildman–Crippen MR) is 118 cm³/mol. The molecule has 0 aliphatic rings. The fourth-order valence-corrected chi connectivity index (χ4v) is 3.60. The molecule has 0 aromatic carbocycles. The van der Waals surface area contributed by atoms with Crippen molar-refractivity contribution in [1.29, 1.82) is 0 Å². The van der Waals surface area contributed by atoms with Crippen LogP contribution in [0.2, 0.25) is 0 Å². The maximum absolute atomic E-state index is 13.0. The van der Waals surface area contributed by atoms with Crippen LogP contribution < -0.4 is 11.5 Å². The van der Waals surface area contributed by atoms with Crippen LogP contribution in [0.4, 0.5) is 0 Å². The van der Waals surface area contributed by atoms with E-state index in [0.717, 1.165) is 12.8 Å². The molecule has 0 aliphatic heterocycles. The van der Waals surface area contributed by atoms with E-state index in [-0.39, 0.29) is 17.4 Å². The maximum atomic E-state index is 13.0. The first-order chi connectivity index (χ1) is 13.1. The zero-order valence-electron chi connectivity index (χ0n) is 20.3. The van der Waals surface area contributed by atoms with Gasteiger partial charge in [-0.3, -0.25) is 9.59 Å². The van der Waals surface area contributed by atoms with Crippen LogP contribution >= 0.6 is 0 Å². The van der Waals surface area contributed by atoms with Gasteiger partial charge in [0, 0.05) is 0 Å². The largest absolute Gasteiger partial charge is 0.460 e. The fraction of sp³-hybridized carbons (Fsp3) is 0.913. The van der Waals surface area contributed by atoms with Gasteiger partial charge in [0.2, 0.25) is 0 Å². The molecule has 29 heavy (non-hydrogen) atoms. The van der Waals surface area contributed by atoms with Crippen molar-refractivity contribution in [3.05, 3.63) is 0 Å². The molecule has 0 saturated heterocycles. The number of hydrogen-bond acceptors (Lipinski definition) is 6. The van der Waals surface area contributed by atoms with Crippen molar-refractivity contribution < 1.29 is 19.1 Å². The molecule has 0 bridgehead atoms. The normalized spacial score (nSPS) is 17.8. The van der Waals surface area contributed by atoms with Crippen LogP contribution in [0.3, 0.4) is 0 Å². The summed E-state index contributed by atoms with van der Waals surface area (Å²) in [6.45, 7) is 18.1. The first kappa shape index (κ1) is 27.9. The highest BCUT2D eigenvalue weighted by molar-refractivity contribution is 5.76. The van der Waals surface area contributed by atoms with Gasteiger partial charge in [-0.05, 0) is 91.6 Å². The van der Waals surface area contributed by atoms with Crippen molar-refractivity contribution in [2.24, 2.45) is 34.6 Å². The molecule has 0 amide bonds. The average molecular weight is 415 g/mol. The fourth-order valence-electron chi connectivity index (χ4n) is 3.60. The van der Waals surface area contributed by atoms with Crippen molar-refractivity contribution in [1.82, 2.24) is 0 Å². The highest BCUT2D eigenvalue weighted by atomic mass is 16.6. The number of nitrogens with two attached hydrogens (primary N) is 2. The second-order valence-electron chi connectivity index (χ2n) is 10.7. The Balaban J connectivity index is 5.62. The molecule has 172 valence electrons. The van der Waals surface area contributed by atoms with E-state index in [1.165, 1.54) is 0 Å². The molecule has 0 spiro atoms. The third-order valence-corrected chi connectivity index (χ3v) is 5.23. The lowest BCUT2D eigenvalue weighted by molar-refractivity contribution is -0.165. The Bertz CT molecular complexity index is 516.